The molecule has 120 valence electrons. The van der Waals surface area contributed by atoms with Gasteiger partial charge in [0.25, 0.3) is 0 Å². The first-order valence-corrected chi connectivity index (χ1v) is 7.46. The molecule has 2 amide bonds. The highest BCUT2D eigenvalue weighted by molar-refractivity contribution is 5.93. The molecule has 2 rings (SSSR count). The number of hydrogen-bond acceptors (Lipinski definition) is 3. The van der Waals surface area contributed by atoms with E-state index in [4.69, 9.17) is 5.73 Å². The molecule has 0 fully saturated rings. The van der Waals surface area contributed by atoms with Crippen LogP contribution < -0.4 is 16.4 Å². The van der Waals surface area contributed by atoms with Gasteiger partial charge in [0, 0.05) is 30.4 Å². The van der Waals surface area contributed by atoms with Crippen LogP contribution in [0.1, 0.15) is 24.5 Å². The smallest absolute Gasteiger partial charge is 0.224 e. The summed E-state index contributed by atoms with van der Waals surface area (Å²) in [5.41, 5.74) is 10.00. The zero-order valence-electron chi connectivity index (χ0n) is 13.3. The summed E-state index contributed by atoms with van der Waals surface area (Å²) in [6.45, 7) is 3.40. The number of benzene rings is 2. The molecular weight excluding hydrogens is 290 g/mol. The average Bonchev–Trinajstić information content (AvgIpc) is 2.48. The number of carbonyl (C=O) groups is 2. The summed E-state index contributed by atoms with van der Waals surface area (Å²) in [5, 5.41) is 5.51. The molecule has 2 aromatic carbocycles. The Hall–Kier alpha value is -2.82. The molecule has 2 aromatic rings. The second-order valence-corrected chi connectivity index (χ2v) is 5.50. The van der Waals surface area contributed by atoms with Gasteiger partial charge in [-0.2, -0.15) is 0 Å². The van der Waals surface area contributed by atoms with Crippen LogP contribution in [0.15, 0.2) is 42.5 Å². The Morgan fingerprint density at radius 3 is 2.39 bits per heavy atom. The lowest BCUT2D eigenvalue weighted by atomic mass is 10.1. The number of hydrogen-bond donors (Lipinski definition) is 3. The Morgan fingerprint density at radius 1 is 1.04 bits per heavy atom. The Labute approximate surface area is 135 Å². The van der Waals surface area contributed by atoms with Crippen molar-refractivity contribution in [2.75, 3.05) is 16.4 Å². The second kappa shape index (κ2) is 7.45. The van der Waals surface area contributed by atoms with E-state index in [1.807, 2.05) is 25.1 Å². The Bertz CT molecular complexity index is 726. The van der Waals surface area contributed by atoms with Gasteiger partial charge >= 0.3 is 0 Å². The topological polar surface area (TPSA) is 84.2 Å². The summed E-state index contributed by atoms with van der Waals surface area (Å²) < 4.78 is 0. The van der Waals surface area contributed by atoms with Crippen molar-refractivity contribution in [3.63, 3.8) is 0 Å². The van der Waals surface area contributed by atoms with Crippen LogP contribution in [0.4, 0.5) is 17.1 Å². The number of amides is 2. The maximum absolute atomic E-state index is 12.0. The fourth-order valence-electron chi connectivity index (χ4n) is 2.20. The summed E-state index contributed by atoms with van der Waals surface area (Å²) in [7, 11) is 0. The zero-order chi connectivity index (χ0) is 16.8. The SMILES string of the molecule is CC(=O)Nc1cccc(NC(=O)CCc2ccc(C)c(N)c2)c1. The molecule has 0 aliphatic rings. The summed E-state index contributed by atoms with van der Waals surface area (Å²) in [5.74, 6) is -0.227. The van der Waals surface area contributed by atoms with E-state index in [0.717, 1.165) is 16.8 Å². The molecule has 23 heavy (non-hydrogen) atoms. The number of aryl methyl sites for hydroxylation is 2. The molecule has 0 aromatic heterocycles. The Kier molecular flexibility index (Phi) is 5.36. The first-order chi connectivity index (χ1) is 10.9. The normalized spacial score (nSPS) is 10.2. The van der Waals surface area contributed by atoms with Crippen LogP contribution in [-0.4, -0.2) is 11.8 Å². The largest absolute Gasteiger partial charge is 0.399 e. The molecule has 0 aliphatic carbocycles. The summed E-state index contributed by atoms with van der Waals surface area (Å²) in [6, 6.07) is 12.9. The molecule has 0 spiro atoms. The van der Waals surface area contributed by atoms with Crippen LogP contribution in [0.2, 0.25) is 0 Å². The lowest BCUT2D eigenvalue weighted by Crippen LogP contribution is -2.13. The van der Waals surface area contributed by atoms with Crippen molar-refractivity contribution in [3.8, 4) is 0 Å². The molecule has 0 bridgehead atoms. The molecule has 5 nitrogen and oxygen atoms in total. The van der Waals surface area contributed by atoms with Gasteiger partial charge in [0.05, 0.1) is 0 Å². The van der Waals surface area contributed by atoms with Crippen molar-refractivity contribution in [1.29, 1.82) is 0 Å². The van der Waals surface area contributed by atoms with Crippen LogP contribution in [0.25, 0.3) is 0 Å². The predicted octanol–water partition coefficient (Wildman–Crippen LogP) is 3.11. The van der Waals surface area contributed by atoms with Crippen LogP contribution in [-0.2, 0) is 16.0 Å². The van der Waals surface area contributed by atoms with Crippen LogP contribution in [0.5, 0.6) is 0 Å². The third-order valence-corrected chi connectivity index (χ3v) is 3.45. The highest BCUT2D eigenvalue weighted by Gasteiger charge is 2.05. The minimum absolute atomic E-state index is 0.0795. The van der Waals surface area contributed by atoms with E-state index in [1.54, 1.807) is 24.3 Å². The van der Waals surface area contributed by atoms with Crippen LogP contribution in [0.3, 0.4) is 0 Å². The lowest BCUT2D eigenvalue weighted by Gasteiger charge is -2.08. The van der Waals surface area contributed by atoms with Crippen molar-refractivity contribution >= 4 is 28.9 Å². The van der Waals surface area contributed by atoms with Crippen LogP contribution >= 0.6 is 0 Å². The second-order valence-electron chi connectivity index (χ2n) is 5.50. The number of nitrogen functional groups attached to an aromatic ring is 1. The Balaban J connectivity index is 1.91. The standard InChI is InChI=1S/C18H21N3O2/c1-12-6-7-14(10-17(12)19)8-9-18(23)21-16-5-3-4-15(11-16)20-13(2)22/h3-7,10-11H,8-9,19H2,1-2H3,(H,20,22)(H,21,23). The number of rotatable bonds is 5. The molecule has 4 N–H and O–H groups in total. The molecule has 0 atom stereocenters. The summed E-state index contributed by atoms with van der Waals surface area (Å²) in [6.07, 6.45) is 0.995. The van der Waals surface area contributed by atoms with Crippen molar-refractivity contribution < 1.29 is 9.59 Å². The summed E-state index contributed by atoms with van der Waals surface area (Å²) >= 11 is 0. The van der Waals surface area contributed by atoms with E-state index < -0.39 is 0 Å². The highest BCUT2D eigenvalue weighted by atomic mass is 16.2. The molecule has 0 saturated carbocycles. The predicted molar refractivity (Wildman–Crippen MR) is 93.3 cm³/mol. The van der Waals surface area contributed by atoms with Crippen molar-refractivity contribution in [3.05, 3.63) is 53.6 Å². The van der Waals surface area contributed by atoms with Gasteiger partial charge in [-0.1, -0.05) is 18.2 Å². The minimum atomic E-state index is -0.148. The van der Waals surface area contributed by atoms with E-state index in [2.05, 4.69) is 10.6 Å². The fraction of sp³-hybridized carbons (Fsp3) is 0.222. The molecule has 0 aliphatic heterocycles. The van der Waals surface area contributed by atoms with Crippen LogP contribution in [0, 0.1) is 6.92 Å². The molecular formula is C18H21N3O2. The monoisotopic (exact) mass is 311 g/mol. The van der Waals surface area contributed by atoms with Crippen molar-refractivity contribution in [2.45, 2.75) is 26.7 Å². The molecule has 0 radical (unpaired) electrons. The van der Waals surface area contributed by atoms with Gasteiger partial charge in [-0.05, 0) is 48.7 Å². The van der Waals surface area contributed by atoms with Crippen molar-refractivity contribution in [2.24, 2.45) is 0 Å². The fourth-order valence-corrected chi connectivity index (χ4v) is 2.20. The van der Waals surface area contributed by atoms with Gasteiger partial charge < -0.3 is 16.4 Å². The van der Waals surface area contributed by atoms with Gasteiger partial charge in [-0.3, -0.25) is 9.59 Å². The maximum atomic E-state index is 12.0. The van der Waals surface area contributed by atoms with Gasteiger partial charge in [0.15, 0.2) is 0 Å². The number of anilines is 3. The van der Waals surface area contributed by atoms with E-state index in [-0.39, 0.29) is 11.8 Å². The van der Waals surface area contributed by atoms with E-state index in [1.165, 1.54) is 6.92 Å². The third kappa shape index (κ3) is 5.14. The first kappa shape index (κ1) is 16.5. The minimum Gasteiger partial charge on any atom is -0.399 e. The number of nitrogens with one attached hydrogen (secondary N) is 2. The zero-order valence-corrected chi connectivity index (χ0v) is 13.3. The van der Waals surface area contributed by atoms with Gasteiger partial charge in [0.1, 0.15) is 0 Å². The molecule has 0 unspecified atom stereocenters. The van der Waals surface area contributed by atoms with E-state index >= 15 is 0 Å². The highest BCUT2D eigenvalue weighted by Crippen LogP contribution is 2.17. The van der Waals surface area contributed by atoms with Gasteiger partial charge in [-0.25, -0.2) is 0 Å². The van der Waals surface area contributed by atoms with Gasteiger partial charge in [0.2, 0.25) is 11.8 Å². The van der Waals surface area contributed by atoms with E-state index in [0.29, 0.717) is 24.2 Å². The Morgan fingerprint density at radius 2 is 1.74 bits per heavy atom. The lowest BCUT2D eigenvalue weighted by molar-refractivity contribution is -0.116. The molecule has 0 heterocycles. The van der Waals surface area contributed by atoms with Gasteiger partial charge in [-0.15, -0.1) is 0 Å². The third-order valence-electron chi connectivity index (χ3n) is 3.45. The maximum Gasteiger partial charge on any atom is 0.224 e. The number of nitrogens with two attached hydrogens (primary N) is 1. The number of carbonyl (C=O) groups excluding carboxylic acids is 2. The summed E-state index contributed by atoms with van der Waals surface area (Å²) in [4.78, 5) is 23.1. The first-order valence-electron chi connectivity index (χ1n) is 7.46. The van der Waals surface area contributed by atoms with E-state index in [9.17, 15) is 9.59 Å². The molecule has 0 saturated heterocycles. The molecule has 5 heteroatoms. The average molecular weight is 311 g/mol. The quantitative estimate of drug-likeness (QED) is 0.742. The van der Waals surface area contributed by atoms with Crippen molar-refractivity contribution in [1.82, 2.24) is 0 Å².